The molecular formula is C15H27N3O. The number of rotatable bonds is 8. The highest BCUT2D eigenvalue weighted by molar-refractivity contribution is 5.39. The Balaban J connectivity index is 2.53. The molecule has 0 aliphatic heterocycles. The third-order valence-corrected chi connectivity index (χ3v) is 3.22. The predicted octanol–water partition coefficient (Wildman–Crippen LogP) is 1.24. The van der Waals surface area contributed by atoms with Crippen molar-refractivity contribution in [3.8, 4) is 5.75 Å². The molecule has 108 valence electrons. The number of ether oxygens (including phenoxy) is 1. The molecular weight excluding hydrogens is 238 g/mol. The van der Waals surface area contributed by atoms with Crippen LogP contribution in [0.3, 0.4) is 0 Å². The molecule has 0 saturated heterocycles. The van der Waals surface area contributed by atoms with Crippen molar-refractivity contribution < 1.29 is 4.74 Å². The Morgan fingerprint density at radius 2 is 2.05 bits per heavy atom. The first-order valence-corrected chi connectivity index (χ1v) is 6.91. The van der Waals surface area contributed by atoms with E-state index in [9.17, 15) is 0 Å². The van der Waals surface area contributed by atoms with Crippen LogP contribution in [0.15, 0.2) is 18.2 Å². The van der Waals surface area contributed by atoms with E-state index in [1.165, 1.54) is 11.1 Å². The molecule has 5 N–H and O–H groups in total. The Morgan fingerprint density at radius 3 is 2.63 bits per heavy atom. The summed E-state index contributed by atoms with van der Waals surface area (Å²) in [7, 11) is 1.72. The summed E-state index contributed by atoms with van der Waals surface area (Å²) in [5, 5.41) is 3.33. The van der Waals surface area contributed by atoms with Crippen molar-refractivity contribution in [2.24, 2.45) is 11.5 Å². The van der Waals surface area contributed by atoms with Gasteiger partial charge in [-0.05, 0) is 36.1 Å². The average Bonchev–Trinajstić information content (AvgIpc) is 2.42. The number of benzene rings is 1. The number of nitrogens with two attached hydrogens (primary N) is 2. The fourth-order valence-electron chi connectivity index (χ4n) is 1.99. The van der Waals surface area contributed by atoms with Gasteiger partial charge in [0.05, 0.1) is 7.11 Å². The summed E-state index contributed by atoms with van der Waals surface area (Å²) in [5.74, 6) is 1.44. The minimum Gasteiger partial charge on any atom is -0.496 e. The molecule has 0 amide bonds. The molecule has 1 rings (SSSR count). The van der Waals surface area contributed by atoms with Gasteiger partial charge in [-0.3, -0.25) is 0 Å². The van der Waals surface area contributed by atoms with E-state index in [4.69, 9.17) is 16.2 Å². The average molecular weight is 265 g/mol. The van der Waals surface area contributed by atoms with E-state index in [1.807, 2.05) is 0 Å². The van der Waals surface area contributed by atoms with Crippen LogP contribution < -0.4 is 21.5 Å². The molecule has 4 heteroatoms. The molecule has 4 nitrogen and oxygen atoms in total. The first-order valence-electron chi connectivity index (χ1n) is 6.91. The number of nitrogens with one attached hydrogen (secondary N) is 1. The van der Waals surface area contributed by atoms with E-state index in [0.29, 0.717) is 12.5 Å². The Morgan fingerprint density at radius 1 is 1.32 bits per heavy atom. The largest absolute Gasteiger partial charge is 0.496 e. The molecule has 0 aromatic heterocycles. The Kier molecular flexibility index (Phi) is 6.84. The molecule has 0 aliphatic rings. The summed E-state index contributed by atoms with van der Waals surface area (Å²) >= 11 is 0. The lowest BCUT2D eigenvalue weighted by Crippen LogP contribution is -2.40. The first-order chi connectivity index (χ1) is 9.08. The molecule has 0 bridgehead atoms. The highest BCUT2D eigenvalue weighted by Crippen LogP contribution is 2.27. The van der Waals surface area contributed by atoms with Crippen molar-refractivity contribution in [3.63, 3.8) is 0 Å². The summed E-state index contributed by atoms with van der Waals surface area (Å²) in [6.45, 7) is 6.56. The van der Waals surface area contributed by atoms with Crippen LogP contribution in [0.1, 0.15) is 30.9 Å². The molecule has 19 heavy (non-hydrogen) atoms. The van der Waals surface area contributed by atoms with E-state index >= 15 is 0 Å². The third-order valence-electron chi connectivity index (χ3n) is 3.22. The molecule has 0 radical (unpaired) electrons. The van der Waals surface area contributed by atoms with Gasteiger partial charge in [0, 0.05) is 19.1 Å². The van der Waals surface area contributed by atoms with Crippen LogP contribution in [0.2, 0.25) is 0 Å². The van der Waals surface area contributed by atoms with Crippen molar-refractivity contribution in [1.29, 1.82) is 0 Å². The molecule has 1 aromatic carbocycles. The number of hydrogen-bond acceptors (Lipinski definition) is 4. The zero-order valence-corrected chi connectivity index (χ0v) is 12.3. The van der Waals surface area contributed by atoms with Crippen molar-refractivity contribution in [3.05, 3.63) is 29.3 Å². The van der Waals surface area contributed by atoms with Gasteiger partial charge in [0.15, 0.2) is 0 Å². The van der Waals surface area contributed by atoms with Gasteiger partial charge in [-0.2, -0.15) is 0 Å². The van der Waals surface area contributed by atoms with Crippen LogP contribution in [0.4, 0.5) is 0 Å². The van der Waals surface area contributed by atoms with Crippen molar-refractivity contribution in [2.75, 3.05) is 26.7 Å². The smallest absolute Gasteiger partial charge is 0.122 e. The first kappa shape index (κ1) is 16.0. The Hall–Kier alpha value is -1.10. The van der Waals surface area contributed by atoms with Crippen molar-refractivity contribution >= 4 is 0 Å². The van der Waals surface area contributed by atoms with Crippen LogP contribution in [0.25, 0.3) is 0 Å². The summed E-state index contributed by atoms with van der Waals surface area (Å²) in [6, 6.07) is 6.45. The maximum atomic E-state index is 5.75. The highest BCUT2D eigenvalue weighted by Gasteiger charge is 2.08. The van der Waals surface area contributed by atoms with Gasteiger partial charge in [-0.1, -0.05) is 26.0 Å². The summed E-state index contributed by atoms with van der Waals surface area (Å²) < 4.78 is 5.39. The van der Waals surface area contributed by atoms with Gasteiger partial charge in [0.2, 0.25) is 0 Å². The molecule has 0 saturated carbocycles. The monoisotopic (exact) mass is 265 g/mol. The summed E-state index contributed by atoms with van der Waals surface area (Å²) in [5.41, 5.74) is 13.8. The SMILES string of the molecule is COc1ccc(CCNCC(N)CN)cc1C(C)C. The Bertz CT molecular complexity index is 380. The van der Waals surface area contributed by atoms with Gasteiger partial charge in [0.25, 0.3) is 0 Å². The second kappa shape index (κ2) is 8.15. The molecule has 1 aromatic rings. The maximum absolute atomic E-state index is 5.75. The normalized spacial score (nSPS) is 12.7. The zero-order chi connectivity index (χ0) is 14.3. The quantitative estimate of drug-likeness (QED) is 0.618. The van der Waals surface area contributed by atoms with Gasteiger partial charge < -0.3 is 21.5 Å². The number of hydrogen-bond donors (Lipinski definition) is 3. The van der Waals surface area contributed by atoms with Crippen molar-refractivity contribution in [1.82, 2.24) is 5.32 Å². The van der Waals surface area contributed by atoms with Crippen LogP contribution in [-0.4, -0.2) is 32.8 Å². The van der Waals surface area contributed by atoms with Gasteiger partial charge in [-0.25, -0.2) is 0 Å². The molecule has 1 unspecified atom stereocenters. The minimum absolute atomic E-state index is 0.0436. The van der Waals surface area contributed by atoms with E-state index in [-0.39, 0.29) is 6.04 Å². The van der Waals surface area contributed by atoms with Crippen molar-refractivity contribution in [2.45, 2.75) is 32.2 Å². The van der Waals surface area contributed by atoms with Gasteiger partial charge >= 0.3 is 0 Å². The standard InChI is InChI=1S/C15H27N3O/c1-11(2)14-8-12(4-5-15(14)19-3)6-7-18-10-13(17)9-16/h4-5,8,11,13,18H,6-7,9-10,16-17H2,1-3H3. The van der Waals surface area contributed by atoms with E-state index in [0.717, 1.165) is 25.3 Å². The molecule has 1 atom stereocenters. The lowest BCUT2D eigenvalue weighted by atomic mass is 9.98. The lowest BCUT2D eigenvalue weighted by Gasteiger charge is -2.14. The molecule has 0 spiro atoms. The minimum atomic E-state index is 0.0436. The van der Waals surface area contributed by atoms with E-state index in [2.05, 4.69) is 37.4 Å². The fraction of sp³-hybridized carbons (Fsp3) is 0.600. The van der Waals surface area contributed by atoms with Gasteiger partial charge in [0.1, 0.15) is 5.75 Å². The van der Waals surface area contributed by atoms with Crippen LogP contribution in [-0.2, 0) is 6.42 Å². The number of methoxy groups -OCH3 is 1. The molecule has 0 fully saturated rings. The van der Waals surface area contributed by atoms with Crippen LogP contribution in [0, 0.1) is 0 Å². The van der Waals surface area contributed by atoms with Crippen LogP contribution in [0.5, 0.6) is 5.75 Å². The van der Waals surface area contributed by atoms with Gasteiger partial charge in [-0.15, -0.1) is 0 Å². The molecule has 0 heterocycles. The van der Waals surface area contributed by atoms with E-state index < -0.39 is 0 Å². The maximum Gasteiger partial charge on any atom is 0.122 e. The second-order valence-electron chi connectivity index (χ2n) is 5.18. The highest BCUT2D eigenvalue weighted by atomic mass is 16.5. The second-order valence-corrected chi connectivity index (χ2v) is 5.18. The topological polar surface area (TPSA) is 73.3 Å². The zero-order valence-electron chi connectivity index (χ0n) is 12.3. The summed E-state index contributed by atoms with van der Waals surface area (Å²) in [4.78, 5) is 0. The summed E-state index contributed by atoms with van der Waals surface area (Å²) in [6.07, 6.45) is 0.987. The third kappa shape index (κ3) is 5.19. The van der Waals surface area contributed by atoms with Crippen LogP contribution >= 0.6 is 0 Å². The fourth-order valence-corrected chi connectivity index (χ4v) is 1.99. The predicted molar refractivity (Wildman–Crippen MR) is 80.7 cm³/mol. The molecule has 0 aliphatic carbocycles. The Labute approximate surface area is 116 Å². The van der Waals surface area contributed by atoms with E-state index in [1.54, 1.807) is 7.11 Å². The lowest BCUT2D eigenvalue weighted by molar-refractivity contribution is 0.407.